The normalized spacial score (nSPS) is 32.8. The molecule has 0 radical (unpaired) electrons. The molecule has 0 N–H and O–H groups in total. The van der Waals surface area contributed by atoms with Crippen molar-refractivity contribution in [1.82, 2.24) is 0 Å². The SMILES string of the molecule is C[Si](C)(C)C1CCCC(C2CCCCCC2)CC1. The van der Waals surface area contributed by atoms with Gasteiger partial charge in [-0.1, -0.05) is 90.3 Å². The maximum atomic E-state index is 2.59. The minimum atomic E-state index is -0.878. The van der Waals surface area contributed by atoms with Gasteiger partial charge >= 0.3 is 0 Å². The van der Waals surface area contributed by atoms with Gasteiger partial charge in [0.15, 0.2) is 0 Å². The average molecular weight is 267 g/mol. The Balaban J connectivity index is 1.88. The zero-order valence-corrected chi connectivity index (χ0v) is 14.0. The Morgan fingerprint density at radius 3 is 1.72 bits per heavy atom. The summed E-state index contributed by atoms with van der Waals surface area (Å²) in [5.74, 6) is 2.21. The monoisotopic (exact) mass is 266 g/mol. The molecule has 2 fully saturated rings. The van der Waals surface area contributed by atoms with E-state index in [4.69, 9.17) is 0 Å². The lowest BCUT2D eigenvalue weighted by molar-refractivity contribution is 0.269. The largest absolute Gasteiger partial charge is 0.0693 e. The van der Waals surface area contributed by atoms with Crippen molar-refractivity contribution in [2.24, 2.45) is 11.8 Å². The summed E-state index contributed by atoms with van der Waals surface area (Å²) in [6.45, 7) is 7.76. The Bertz CT molecular complexity index is 232. The Hall–Kier alpha value is 0.217. The highest BCUT2D eigenvalue weighted by Crippen LogP contribution is 2.42. The molecule has 0 aromatic rings. The third kappa shape index (κ3) is 4.11. The fourth-order valence-corrected chi connectivity index (χ4v) is 6.55. The first-order valence-electron chi connectivity index (χ1n) is 8.57. The van der Waals surface area contributed by atoms with E-state index in [-0.39, 0.29) is 0 Å². The van der Waals surface area contributed by atoms with Crippen LogP contribution in [0.25, 0.3) is 0 Å². The van der Waals surface area contributed by atoms with Crippen LogP contribution in [-0.2, 0) is 0 Å². The maximum absolute atomic E-state index is 2.59. The van der Waals surface area contributed by atoms with Crippen molar-refractivity contribution in [2.45, 2.75) is 95.8 Å². The quantitative estimate of drug-likeness (QED) is 0.409. The van der Waals surface area contributed by atoms with Gasteiger partial charge in [0.25, 0.3) is 0 Å². The van der Waals surface area contributed by atoms with E-state index < -0.39 is 8.07 Å². The molecule has 0 nitrogen and oxygen atoms in total. The Kier molecular flexibility index (Phi) is 5.35. The molecule has 0 spiro atoms. The van der Waals surface area contributed by atoms with Crippen LogP contribution >= 0.6 is 0 Å². The van der Waals surface area contributed by atoms with Crippen LogP contribution in [-0.4, -0.2) is 8.07 Å². The first-order chi connectivity index (χ1) is 8.57. The van der Waals surface area contributed by atoms with Crippen molar-refractivity contribution in [3.63, 3.8) is 0 Å². The summed E-state index contributed by atoms with van der Waals surface area (Å²) >= 11 is 0. The Morgan fingerprint density at radius 2 is 1.11 bits per heavy atom. The first-order valence-corrected chi connectivity index (χ1v) is 12.1. The predicted octanol–water partition coefficient (Wildman–Crippen LogP) is 6.25. The first kappa shape index (κ1) is 14.6. The van der Waals surface area contributed by atoms with Gasteiger partial charge in [-0.2, -0.15) is 0 Å². The van der Waals surface area contributed by atoms with E-state index in [9.17, 15) is 0 Å². The number of hydrogen-bond acceptors (Lipinski definition) is 0. The lowest BCUT2D eigenvalue weighted by Crippen LogP contribution is -2.27. The third-order valence-electron chi connectivity index (χ3n) is 5.80. The van der Waals surface area contributed by atoms with Gasteiger partial charge in [-0.05, 0) is 17.4 Å². The summed E-state index contributed by atoms with van der Waals surface area (Å²) in [6.07, 6.45) is 17.0. The summed E-state index contributed by atoms with van der Waals surface area (Å²) in [5, 5.41) is 0. The van der Waals surface area contributed by atoms with Gasteiger partial charge in [0.05, 0.1) is 0 Å². The molecular weight excluding hydrogens is 232 g/mol. The van der Waals surface area contributed by atoms with Crippen LogP contribution < -0.4 is 0 Å². The molecule has 1 heteroatoms. The van der Waals surface area contributed by atoms with Gasteiger partial charge in [-0.25, -0.2) is 0 Å². The molecule has 2 unspecified atom stereocenters. The third-order valence-corrected chi connectivity index (χ3v) is 8.83. The average Bonchev–Trinajstić information content (AvgIpc) is 2.70. The van der Waals surface area contributed by atoms with Crippen LogP contribution in [0.4, 0.5) is 0 Å². The van der Waals surface area contributed by atoms with Gasteiger partial charge in [0.1, 0.15) is 0 Å². The second kappa shape index (κ2) is 6.59. The van der Waals surface area contributed by atoms with E-state index in [0.717, 1.165) is 17.4 Å². The van der Waals surface area contributed by atoms with Crippen LogP contribution in [0.2, 0.25) is 25.2 Å². The maximum Gasteiger partial charge on any atom is 0.0473 e. The van der Waals surface area contributed by atoms with Crippen molar-refractivity contribution < 1.29 is 0 Å². The van der Waals surface area contributed by atoms with Crippen molar-refractivity contribution in [3.05, 3.63) is 0 Å². The predicted molar refractivity (Wildman–Crippen MR) is 84.9 cm³/mol. The molecule has 2 aliphatic rings. The van der Waals surface area contributed by atoms with Gasteiger partial charge in [0, 0.05) is 8.07 Å². The molecule has 0 heterocycles. The van der Waals surface area contributed by atoms with Crippen LogP contribution in [0, 0.1) is 11.8 Å². The lowest BCUT2D eigenvalue weighted by atomic mass is 9.81. The summed E-state index contributed by atoms with van der Waals surface area (Å²) in [6, 6.07) is 0. The molecule has 0 aliphatic heterocycles. The molecule has 0 aromatic heterocycles. The van der Waals surface area contributed by atoms with E-state index in [1.165, 1.54) is 32.1 Å². The topological polar surface area (TPSA) is 0 Å². The molecule has 106 valence electrons. The Morgan fingerprint density at radius 1 is 0.556 bits per heavy atom. The fraction of sp³-hybridized carbons (Fsp3) is 1.00. The number of rotatable bonds is 2. The molecule has 2 saturated carbocycles. The highest BCUT2D eigenvalue weighted by molar-refractivity contribution is 6.77. The van der Waals surface area contributed by atoms with E-state index in [0.29, 0.717) is 0 Å². The van der Waals surface area contributed by atoms with Crippen molar-refractivity contribution in [1.29, 1.82) is 0 Å². The second-order valence-corrected chi connectivity index (χ2v) is 13.6. The van der Waals surface area contributed by atoms with Crippen molar-refractivity contribution >= 4 is 8.07 Å². The highest BCUT2D eigenvalue weighted by atomic mass is 28.3. The van der Waals surface area contributed by atoms with Crippen molar-refractivity contribution in [2.75, 3.05) is 0 Å². The van der Waals surface area contributed by atoms with Gasteiger partial charge in [-0.3, -0.25) is 0 Å². The smallest absolute Gasteiger partial charge is 0.0473 e. The van der Waals surface area contributed by atoms with E-state index >= 15 is 0 Å². The standard InChI is InChI=1S/C17H34Si/c1-18(2,3)17-12-8-11-16(13-14-17)15-9-6-4-5-7-10-15/h15-17H,4-14H2,1-3H3. The van der Waals surface area contributed by atoms with E-state index in [2.05, 4.69) is 19.6 Å². The summed E-state index contributed by atoms with van der Waals surface area (Å²) < 4.78 is 0. The van der Waals surface area contributed by atoms with Gasteiger partial charge in [-0.15, -0.1) is 0 Å². The summed E-state index contributed by atoms with van der Waals surface area (Å²) in [5.41, 5.74) is 1.12. The number of hydrogen-bond donors (Lipinski definition) is 0. The summed E-state index contributed by atoms with van der Waals surface area (Å²) in [7, 11) is -0.878. The second-order valence-electron chi connectivity index (χ2n) is 8.08. The molecule has 2 atom stereocenters. The molecule has 18 heavy (non-hydrogen) atoms. The minimum absolute atomic E-state index is 0.878. The zero-order valence-electron chi connectivity index (χ0n) is 13.0. The molecule has 0 bridgehead atoms. The van der Waals surface area contributed by atoms with Crippen LogP contribution in [0.5, 0.6) is 0 Å². The highest BCUT2D eigenvalue weighted by Gasteiger charge is 2.31. The van der Waals surface area contributed by atoms with Gasteiger partial charge < -0.3 is 0 Å². The minimum Gasteiger partial charge on any atom is -0.0693 e. The summed E-state index contributed by atoms with van der Waals surface area (Å²) in [4.78, 5) is 0. The van der Waals surface area contributed by atoms with Crippen LogP contribution in [0.1, 0.15) is 70.6 Å². The van der Waals surface area contributed by atoms with Crippen molar-refractivity contribution in [3.8, 4) is 0 Å². The van der Waals surface area contributed by atoms with Crippen LogP contribution in [0.15, 0.2) is 0 Å². The lowest BCUT2D eigenvalue weighted by Gasteiger charge is -2.28. The van der Waals surface area contributed by atoms with E-state index in [1.54, 1.807) is 38.5 Å². The molecule has 0 aromatic carbocycles. The fourth-order valence-electron chi connectivity index (χ4n) is 4.45. The zero-order chi connectivity index (χ0) is 13.0. The molecule has 2 aliphatic carbocycles. The van der Waals surface area contributed by atoms with E-state index in [1.807, 2.05) is 0 Å². The molecule has 2 rings (SSSR count). The Labute approximate surface area is 116 Å². The molecular formula is C17H34Si. The van der Waals surface area contributed by atoms with Gasteiger partial charge in [0.2, 0.25) is 0 Å². The van der Waals surface area contributed by atoms with Crippen LogP contribution in [0.3, 0.4) is 0 Å². The molecule has 0 saturated heterocycles. The molecule has 0 amide bonds.